The summed E-state index contributed by atoms with van der Waals surface area (Å²) in [6.07, 6.45) is 2.16. The molecule has 0 spiro atoms. The molecule has 1 heterocycles. The Labute approximate surface area is 81.1 Å². The fraction of sp³-hybridized carbons (Fsp3) is 0.909. The molecule has 1 saturated heterocycles. The van der Waals surface area contributed by atoms with E-state index in [1.807, 2.05) is 0 Å². The molecule has 3 unspecified atom stereocenters. The van der Waals surface area contributed by atoms with E-state index < -0.39 is 0 Å². The van der Waals surface area contributed by atoms with E-state index in [1.165, 1.54) is 0 Å². The van der Waals surface area contributed by atoms with Gasteiger partial charge in [-0.05, 0) is 18.9 Å². The quantitative estimate of drug-likeness (QED) is 0.720. The molecule has 76 valence electrons. The van der Waals surface area contributed by atoms with Gasteiger partial charge in [-0.2, -0.15) is 0 Å². The van der Waals surface area contributed by atoms with Crippen LogP contribution in [-0.4, -0.2) is 18.9 Å². The number of nitrogens with one attached hydrogen (secondary N) is 1. The fourth-order valence-corrected chi connectivity index (χ4v) is 2.13. The van der Waals surface area contributed by atoms with Crippen LogP contribution in [0, 0.1) is 17.8 Å². The predicted molar refractivity (Wildman–Crippen MR) is 54.6 cm³/mol. The van der Waals surface area contributed by atoms with E-state index in [-0.39, 0.29) is 11.8 Å². The number of rotatable bonds is 4. The molecule has 2 heteroatoms. The number of carbonyl (C=O) groups is 1. The summed E-state index contributed by atoms with van der Waals surface area (Å²) in [5.41, 5.74) is 0. The molecule has 1 N–H and O–H groups in total. The van der Waals surface area contributed by atoms with Crippen molar-refractivity contribution in [2.45, 2.75) is 33.6 Å². The van der Waals surface area contributed by atoms with E-state index in [0.717, 1.165) is 25.9 Å². The fourth-order valence-electron chi connectivity index (χ4n) is 2.13. The number of hydrogen-bond donors (Lipinski definition) is 1. The Kier molecular flexibility index (Phi) is 3.91. The van der Waals surface area contributed by atoms with Crippen molar-refractivity contribution in [3.8, 4) is 0 Å². The normalized spacial score (nSPS) is 30.4. The van der Waals surface area contributed by atoms with Crippen molar-refractivity contribution in [1.82, 2.24) is 5.32 Å². The molecule has 0 radical (unpaired) electrons. The standard InChI is InChI=1S/C11H21NO/c1-4-5-8(2)11(13)10-7-12-6-9(10)3/h8-10,12H,4-7H2,1-3H3. The first-order chi connectivity index (χ1) is 6.16. The summed E-state index contributed by atoms with van der Waals surface area (Å²) in [5.74, 6) is 1.55. The second kappa shape index (κ2) is 4.75. The molecule has 3 atom stereocenters. The van der Waals surface area contributed by atoms with Crippen LogP contribution in [-0.2, 0) is 4.79 Å². The van der Waals surface area contributed by atoms with Gasteiger partial charge in [0.05, 0.1) is 0 Å². The third-order valence-corrected chi connectivity index (χ3v) is 3.09. The largest absolute Gasteiger partial charge is 0.316 e. The zero-order chi connectivity index (χ0) is 9.84. The van der Waals surface area contributed by atoms with Crippen LogP contribution in [0.2, 0.25) is 0 Å². The lowest BCUT2D eigenvalue weighted by Gasteiger charge is -2.17. The highest BCUT2D eigenvalue weighted by molar-refractivity contribution is 5.83. The van der Waals surface area contributed by atoms with Gasteiger partial charge < -0.3 is 5.32 Å². The molecule has 0 bridgehead atoms. The summed E-state index contributed by atoms with van der Waals surface area (Å²) >= 11 is 0. The highest BCUT2D eigenvalue weighted by Gasteiger charge is 2.31. The zero-order valence-electron chi connectivity index (χ0n) is 8.97. The van der Waals surface area contributed by atoms with Gasteiger partial charge in [-0.25, -0.2) is 0 Å². The first kappa shape index (κ1) is 10.7. The van der Waals surface area contributed by atoms with Gasteiger partial charge in [0.2, 0.25) is 0 Å². The van der Waals surface area contributed by atoms with E-state index in [0.29, 0.717) is 11.7 Å². The van der Waals surface area contributed by atoms with E-state index in [9.17, 15) is 4.79 Å². The molecule has 0 aromatic rings. The summed E-state index contributed by atoms with van der Waals surface area (Å²) in [6, 6.07) is 0. The van der Waals surface area contributed by atoms with E-state index in [1.54, 1.807) is 0 Å². The van der Waals surface area contributed by atoms with Gasteiger partial charge in [0, 0.05) is 18.4 Å². The lowest BCUT2D eigenvalue weighted by Crippen LogP contribution is -2.26. The number of ketones is 1. The topological polar surface area (TPSA) is 29.1 Å². The SMILES string of the molecule is CCCC(C)C(=O)C1CNCC1C. The van der Waals surface area contributed by atoms with Crippen molar-refractivity contribution in [2.24, 2.45) is 17.8 Å². The van der Waals surface area contributed by atoms with E-state index >= 15 is 0 Å². The molecule has 1 rings (SSSR count). The summed E-state index contributed by atoms with van der Waals surface area (Å²) in [4.78, 5) is 11.9. The second-order valence-corrected chi connectivity index (χ2v) is 4.33. The number of Topliss-reactive ketones (excluding diaryl/α,β-unsaturated/α-hetero) is 1. The van der Waals surface area contributed by atoms with Crippen molar-refractivity contribution in [1.29, 1.82) is 0 Å². The maximum atomic E-state index is 11.9. The highest BCUT2D eigenvalue weighted by atomic mass is 16.1. The van der Waals surface area contributed by atoms with Gasteiger partial charge in [0.15, 0.2) is 0 Å². The van der Waals surface area contributed by atoms with Crippen LogP contribution in [0.4, 0.5) is 0 Å². The van der Waals surface area contributed by atoms with Crippen LogP contribution < -0.4 is 5.32 Å². The molecule has 1 aliphatic heterocycles. The number of carbonyl (C=O) groups excluding carboxylic acids is 1. The monoisotopic (exact) mass is 183 g/mol. The van der Waals surface area contributed by atoms with Crippen LogP contribution >= 0.6 is 0 Å². The molecule has 13 heavy (non-hydrogen) atoms. The molecule has 1 fully saturated rings. The van der Waals surface area contributed by atoms with Crippen molar-refractivity contribution in [3.63, 3.8) is 0 Å². The summed E-state index contributed by atoms with van der Waals surface area (Å²) in [5, 5.41) is 3.28. The Morgan fingerprint density at radius 3 is 2.69 bits per heavy atom. The van der Waals surface area contributed by atoms with Gasteiger partial charge in [0.1, 0.15) is 5.78 Å². The predicted octanol–water partition coefficient (Wildman–Crippen LogP) is 1.85. The van der Waals surface area contributed by atoms with Crippen molar-refractivity contribution in [2.75, 3.05) is 13.1 Å². The summed E-state index contributed by atoms with van der Waals surface area (Å²) in [7, 11) is 0. The number of hydrogen-bond acceptors (Lipinski definition) is 2. The average Bonchev–Trinajstić information content (AvgIpc) is 2.50. The molecule has 0 amide bonds. The van der Waals surface area contributed by atoms with Crippen LogP contribution in [0.25, 0.3) is 0 Å². The minimum Gasteiger partial charge on any atom is -0.316 e. The van der Waals surface area contributed by atoms with E-state index in [2.05, 4.69) is 26.1 Å². The van der Waals surface area contributed by atoms with Crippen molar-refractivity contribution >= 4 is 5.78 Å². The second-order valence-electron chi connectivity index (χ2n) is 4.33. The van der Waals surface area contributed by atoms with E-state index in [4.69, 9.17) is 0 Å². The first-order valence-electron chi connectivity index (χ1n) is 5.41. The van der Waals surface area contributed by atoms with Crippen molar-refractivity contribution in [3.05, 3.63) is 0 Å². The zero-order valence-corrected chi connectivity index (χ0v) is 8.97. The highest BCUT2D eigenvalue weighted by Crippen LogP contribution is 2.22. The lowest BCUT2D eigenvalue weighted by atomic mass is 9.85. The van der Waals surface area contributed by atoms with Crippen molar-refractivity contribution < 1.29 is 4.79 Å². The lowest BCUT2D eigenvalue weighted by molar-refractivity contribution is -0.126. The molecule has 1 aliphatic rings. The summed E-state index contributed by atoms with van der Waals surface area (Å²) in [6.45, 7) is 8.28. The van der Waals surface area contributed by atoms with Gasteiger partial charge in [-0.1, -0.05) is 27.2 Å². The van der Waals surface area contributed by atoms with Gasteiger partial charge in [-0.15, -0.1) is 0 Å². The molecule has 0 aromatic carbocycles. The summed E-state index contributed by atoms with van der Waals surface area (Å²) < 4.78 is 0. The van der Waals surface area contributed by atoms with Gasteiger partial charge >= 0.3 is 0 Å². The smallest absolute Gasteiger partial charge is 0.140 e. The molecule has 2 nitrogen and oxygen atoms in total. The molecule has 0 saturated carbocycles. The third kappa shape index (κ3) is 2.53. The average molecular weight is 183 g/mol. The molecule has 0 aromatic heterocycles. The Balaban J connectivity index is 2.46. The Bertz CT molecular complexity index is 179. The van der Waals surface area contributed by atoms with Crippen LogP contribution in [0.5, 0.6) is 0 Å². The maximum absolute atomic E-state index is 11.9. The third-order valence-electron chi connectivity index (χ3n) is 3.09. The minimum atomic E-state index is 0.261. The molecule has 0 aliphatic carbocycles. The Morgan fingerprint density at radius 2 is 2.23 bits per heavy atom. The first-order valence-corrected chi connectivity index (χ1v) is 5.41. The molecular formula is C11H21NO. The van der Waals surface area contributed by atoms with Crippen LogP contribution in [0.1, 0.15) is 33.6 Å². The Morgan fingerprint density at radius 1 is 1.54 bits per heavy atom. The Hall–Kier alpha value is -0.370. The van der Waals surface area contributed by atoms with Crippen LogP contribution in [0.15, 0.2) is 0 Å². The molecular weight excluding hydrogens is 162 g/mol. The van der Waals surface area contributed by atoms with Gasteiger partial charge in [-0.3, -0.25) is 4.79 Å². The van der Waals surface area contributed by atoms with Crippen LogP contribution in [0.3, 0.4) is 0 Å². The van der Waals surface area contributed by atoms with Gasteiger partial charge in [0.25, 0.3) is 0 Å². The minimum absolute atomic E-state index is 0.261. The maximum Gasteiger partial charge on any atom is 0.140 e.